The van der Waals surface area contributed by atoms with E-state index >= 15 is 0 Å². The molecule has 0 saturated heterocycles. The van der Waals surface area contributed by atoms with Gasteiger partial charge in [0, 0.05) is 0 Å². The van der Waals surface area contributed by atoms with Gasteiger partial charge in [0.2, 0.25) is 0 Å². The minimum atomic E-state index is 0.437. The van der Waals surface area contributed by atoms with Crippen LogP contribution in [0.1, 0.15) is 52.0 Å². The zero-order valence-corrected chi connectivity index (χ0v) is 10.9. The maximum atomic E-state index is 9.78. The molecular weight excluding hydrogens is 196 g/mol. The lowest BCUT2D eigenvalue weighted by Gasteiger charge is -2.19. The highest BCUT2D eigenvalue weighted by Crippen LogP contribution is 2.31. The molecule has 1 aromatic rings. The summed E-state index contributed by atoms with van der Waals surface area (Å²) in [5, 5.41) is 9.78. The van der Waals surface area contributed by atoms with Crippen molar-refractivity contribution in [1.29, 1.82) is 0 Å². The van der Waals surface area contributed by atoms with Gasteiger partial charge in [-0.15, -0.1) is 0 Å². The molecule has 0 spiro atoms. The topological polar surface area (TPSA) is 20.2 Å². The van der Waals surface area contributed by atoms with Crippen LogP contribution in [0.3, 0.4) is 0 Å². The van der Waals surface area contributed by atoms with Crippen LogP contribution in [0.5, 0.6) is 5.75 Å². The highest BCUT2D eigenvalue weighted by molar-refractivity contribution is 5.34. The third-order valence-electron chi connectivity index (χ3n) is 3.10. The van der Waals surface area contributed by atoms with Crippen molar-refractivity contribution in [2.75, 3.05) is 0 Å². The summed E-state index contributed by atoms with van der Waals surface area (Å²) in [6.07, 6.45) is 2.41. The molecule has 0 amide bonds. The van der Waals surface area contributed by atoms with E-state index in [-0.39, 0.29) is 0 Å². The second-order valence-corrected chi connectivity index (χ2v) is 5.43. The van der Waals surface area contributed by atoms with Crippen molar-refractivity contribution >= 4 is 0 Å². The number of phenolic OH excluding ortho intramolecular Hbond substituents is 1. The summed E-state index contributed by atoms with van der Waals surface area (Å²) in [5.41, 5.74) is 1.08. The van der Waals surface area contributed by atoms with Crippen LogP contribution in [0.4, 0.5) is 0 Å². The summed E-state index contributed by atoms with van der Waals surface area (Å²) in [6.45, 7) is 9.03. The van der Waals surface area contributed by atoms with Crippen LogP contribution < -0.4 is 0 Å². The van der Waals surface area contributed by atoms with Crippen molar-refractivity contribution in [2.24, 2.45) is 11.8 Å². The van der Waals surface area contributed by atoms with Crippen molar-refractivity contribution in [2.45, 2.75) is 46.5 Å². The normalized spacial score (nSPS) is 15.1. The lowest BCUT2D eigenvalue weighted by molar-refractivity contribution is 0.386. The minimum absolute atomic E-state index is 0.437. The molecule has 0 fully saturated rings. The van der Waals surface area contributed by atoms with Crippen LogP contribution in [0.25, 0.3) is 0 Å². The molecule has 0 heterocycles. The van der Waals surface area contributed by atoms with Crippen molar-refractivity contribution < 1.29 is 5.11 Å². The fraction of sp³-hybridized carbons (Fsp3) is 0.600. The Bertz CT molecular complexity index is 317. The molecule has 2 atom stereocenters. The standard InChI is InChI=1S/C15H24O/c1-11(2)9-12(3)10-13(4)14-7-5-6-8-15(14)16/h5-8,11-13,16H,9-10H2,1-4H3. The number of benzene rings is 1. The Balaban J connectivity index is 2.58. The first-order chi connectivity index (χ1) is 7.50. The van der Waals surface area contributed by atoms with Crippen LogP contribution in [0.2, 0.25) is 0 Å². The lowest BCUT2D eigenvalue weighted by atomic mass is 9.86. The van der Waals surface area contributed by atoms with Crippen LogP contribution in [0.15, 0.2) is 24.3 Å². The number of para-hydroxylation sites is 1. The molecule has 0 bridgehead atoms. The Kier molecular flexibility index (Phi) is 4.85. The molecule has 0 aliphatic heterocycles. The van der Waals surface area contributed by atoms with E-state index in [1.807, 2.05) is 18.2 Å². The van der Waals surface area contributed by atoms with Gasteiger partial charge in [-0.3, -0.25) is 0 Å². The molecule has 1 heteroatoms. The average molecular weight is 220 g/mol. The molecule has 0 aromatic heterocycles. The van der Waals surface area contributed by atoms with E-state index < -0.39 is 0 Å². The molecular formula is C15H24O. The predicted molar refractivity (Wildman–Crippen MR) is 69.8 cm³/mol. The average Bonchev–Trinajstić information content (AvgIpc) is 2.16. The molecule has 0 aliphatic rings. The van der Waals surface area contributed by atoms with Crippen LogP contribution in [-0.4, -0.2) is 5.11 Å². The van der Waals surface area contributed by atoms with Gasteiger partial charge in [-0.1, -0.05) is 45.9 Å². The Labute approximate surface area is 99.5 Å². The molecule has 16 heavy (non-hydrogen) atoms. The van der Waals surface area contributed by atoms with Gasteiger partial charge >= 0.3 is 0 Å². The largest absolute Gasteiger partial charge is 0.508 e. The zero-order chi connectivity index (χ0) is 12.1. The minimum Gasteiger partial charge on any atom is -0.508 e. The van der Waals surface area contributed by atoms with Crippen molar-refractivity contribution in [3.8, 4) is 5.75 Å². The molecule has 0 radical (unpaired) electrons. The van der Waals surface area contributed by atoms with E-state index in [0.717, 1.165) is 23.8 Å². The van der Waals surface area contributed by atoms with Crippen molar-refractivity contribution in [3.63, 3.8) is 0 Å². The van der Waals surface area contributed by atoms with Gasteiger partial charge < -0.3 is 5.11 Å². The summed E-state index contributed by atoms with van der Waals surface area (Å²) < 4.78 is 0. The molecule has 0 aliphatic carbocycles. The van der Waals surface area contributed by atoms with E-state index in [9.17, 15) is 5.11 Å². The first-order valence-corrected chi connectivity index (χ1v) is 6.28. The van der Waals surface area contributed by atoms with Gasteiger partial charge in [-0.05, 0) is 42.2 Å². The second kappa shape index (κ2) is 5.93. The fourth-order valence-electron chi connectivity index (χ4n) is 2.54. The summed E-state index contributed by atoms with van der Waals surface area (Å²) >= 11 is 0. The Morgan fingerprint density at radius 3 is 2.19 bits per heavy atom. The Hall–Kier alpha value is -0.980. The molecule has 90 valence electrons. The van der Waals surface area contributed by atoms with Gasteiger partial charge in [0.15, 0.2) is 0 Å². The van der Waals surface area contributed by atoms with Gasteiger partial charge in [-0.25, -0.2) is 0 Å². The second-order valence-electron chi connectivity index (χ2n) is 5.43. The van der Waals surface area contributed by atoms with Gasteiger partial charge in [0.1, 0.15) is 5.75 Å². The zero-order valence-electron chi connectivity index (χ0n) is 10.9. The van der Waals surface area contributed by atoms with E-state index in [2.05, 4.69) is 27.7 Å². The maximum Gasteiger partial charge on any atom is 0.119 e. The van der Waals surface area contributed by atoms with Crippen molar-refractivity contribution in [1.82, 2.24) is 0 Å². The first-order valence-electron chi connectivity index (χ1n) is 6.28. The van der Waals surface area contributed by atoms with Crippen LogP contribution in [-0.2, 0) is 0 Å². The number of phenols is 1. The maximum absolute atomic E-state index is 9.78. The molecule has 2 unspecified atom stereocenters. The SMILES string of the molecule is CC(C)CC(C)CC(C)c1ccccc1O. The molecule has 1 aromatic carbocycles. The summed E-state index contributed by atoms with van der Waals surface area (Å²) in [7, 11) is 0. The van der Waals surface area contributed by atoms with Gasteiger partial charge in [-0.2, -0.15) is 0 Å². The lowest BCUT2D eigenvalue weighted by Crippen LogP contribution is -2.05. The number of hydrogen-bond donors (Lipinski definition) is 1. The summed E-state index contributed by atoms with van der Waals surface area (Å²) in [4.78, 5) is 0. The van der Waals surface area contributed by atoms with Gasteiger partial charge in [0.25, 0.3) is 0 Å². The van der Waals surface area contributed by atoms with E-state index in [0.29, 0.717) is 11.7 Å². The third kappa shape index (κ3) is 3.88. The quantitative estimate of drug-likeness (QED) is 0.770. The highest BCUT2D eigenvalue weighted by atomic mass is 16.3. The highest BCUT2D eigenvalue weighted by Gasteiger charge is 2.14. The smallest absolute Gasteiger partial charge is 0.119 e. The summed E-state index contributed by atoms with van der Waals surface area (Å²) in [5.74, 6) is 2.35. The van der Waals surface area contributed by atoms with E-state index in [1.54, 1.807) is 6.07 Å². The number of hydrogen-bond acceptors (Lipinski definition) is 1. The predicted octanol–water partition coefficient (Wildman–Crippen LogP) is 4.57. The summed E-state index contributed by atoms with van der Waals surface area (Å²) in [6, 6.07) is 7.68. The van der Waals surface area contributed by atoms with Crippen LogP contribution >= 0.6 is 0 Å². The number of aromatic hydroxyl groups is 1. The van der Waals surface area contributed by atoms with Gasteiger partial charge in [0.05, 0.1) is 0 Å². The van der Waals surface area contributed by atoms with E-state index in [1.165, 1.54) is 6.42 Å². The van der Waals surface area contributed by atoms with E-state index in [4.69, 9.17) is 0 Å². The first kappa shape index (κ1) is 13.1. The molecule has 1 nitrogen and oxygen atoms in total. The molecule has 1 N–H and O–H groups in total. The number of rotatable bonds is 5. The van der Waals surface area contributed by atoms with Crippen molar-refractivity contribution in [3.05, 3.63) is 29.8 Å². The van der Waals surface area contributed by atoms with Crippen LogP contribution in [0, 0.1) is 11.8 Å². The Morgan fingerprint density at radius 1 is 1.00 bits per heavy atom. The third-order valence-corrected chi connectivity index (χ3v) is 3.10. The molecule has 0 saturated carbocycles. The fourth-order valence-corrected chi connectivity index (χ4v) is 2.54. The molecule has 1 rings (SSSR count). The Morgan fingerprint density at radius 2 is 1.62 bits per heavy atom. The monoisotopic (exact) mass is 220 g/mol.